The van der Waals surface area contributed by atoms with Crippen molar-refractivity contribution in [3.8, 4) is 0 Å². The maximum absolute atomic E-state index is 8.58. The van der Waals surface area contributed by atoms with E-state index in [1.807, 2.05) is 0 Å². The van der Waals surface area contributed by atoms with Crippen molar-refractivity contribution in [3.63, 3.8) is 0 Å². The summed E-state index contributed by atoms with van der Waals surface area (Å²) in [6.45, 7) is 0. The molecule has 8 heavy (non-hydrogen) atoms. The van der Waals surface area contributed by atoms with Gasteiger partial charge in [0.25, 0.3) is 0 Å². The monoisotopic (exact) mass is 426 g/mol. The van der Waals surface area contributed by atoms with Crippen LogP contribution < -0.4 is 19.2 Å². The van der Waals surface area contributed by atoms with Gasteiger partial charge in [-0.15, -0.1) is 0 Å². The smallest absolute Gasteiger partial charge is 2.00 e. The summed E-state index contributed by atoms with van der Waals surface area (Å²) in [6, 6.07) is 0. The van der Waals surface area contributed by atoms with Crippen molar-refractivity contribution in [1.82, 2.24) is 0 Å². The van der Waals surface area contributed by atoms with E-state index in [9.17, 15) is 0 Å². The van der Waals surface area contributed by atoms with Gasteiger partial charge in [0.05, 0.1) is 0 Å². The minimum Gasteiger partial charge on any atom is -2.00 e. The molecule has 0 saturated carbocycles. The Hall–Kier alpha value is 2.59. The maximum Gasteiger partial charge on any atom is 3.00 e. The van der Waals surface area contributed by atoms with Gasteiger partial charge in [-0.1, -0.05) is 0 Å². The molecule has 0 rings (SSSR count). The van der Waals surface area contributed by atoms with Crippen LogP contribution in [-0.4, -0.2) is 9.05 Å². The SMILES string of the molecule is [O-2].[O-][Si]([O-])([O-])[O-].[Tb+3].[Tb+3]. The molecular weight excluding hydrogens is 426 g/mol. The second kappa shape index (κ2) is 9.59. The third-order valence-electron chi connectivity index (χ3n) is 0. The Bertz CT molecular complexity index is 25.9. The third-order valence-corrected chi connectivity index (χ3v) is 0. The fourth-order valence-electron chi connectivity index (χ4n) is 0. The molecule has 8 heteroatoms. The van der Waals surface area contributed by atoms with Gasteiger partial charge in [0.15, 0.2) is 0 Å². The van der Waals surface area contributed by atoms with Crippen LogP contribution in [0.15, 0.2) is 0 Å². The van der Waals surface area contributed by atoms with Crippen molar-refractivity contribution >= 4 is 9.05 Å². The summed E-state index contributed by atoms with van der Waals surface area (Å²) in [5, 5.41) is 0. The fourth-order valence-corrected chi connectivity index (χ4v) is 0. The van der Waals surface area contributed by atoms with Gasteiger partial charge in [0, 0.05) is 0 Å². The van der Waals surface area contributed by atoms with E-state index < -0.39 is 9.05 Å². The van der Waals surface area contributed by atoms with E-state index in [-0.39, 0.29) is 82.7 Å². The Balaban J connectivity index is -0.0000000267. The third kappa shape index (κ3) is 73.8. The van der Waals surface area contributed by atoms with Crippen LogP contribution >= 0.6 is 0 Å². The zero-order valence-corrected chi connectivity index (χ0v) is 8.49. The first-order valence-corrected chi connectivity index (χ1v) is 2.45. The zero-order valence-electron chi connectivity index (χ0n) is 3.21. The maximum atomic E-state index is 8.58. The molecule has 0 N–H and O–H groups in total. The van der Waals surface area contributed by atoms with Gasteiger partial charge in [0.2, 0.25) is 0 Å². The van der Waals surface area contributed by atoms with Gasteiger partial charge >= 0.3 is 77.2 Å². The molecule has 0 fully saturated rings. The molecule has 0 aromatic rings. The van der Waals surface area contributed by atoms with E-state index in [0.717, 1.165) is 0 Å². The molecule has 0 spiro atoms. The van der Waals surface area contributed by atoms with Crippen LogP contribution in [0.5, 0.6) is 0 Å². The Morgan fingerprint density at radius 3 is 0.750 bits per heavy atom. The quantitative estimate of drug-likeness (QED) is 0.360. The van der Waals surface area contributed by atoms with E-state index in [0.29, 0.717) is 0 Å². The summed E-state index contributed by atoms with van der Waals surface area (Å²) in [4.78, 5) is 34.3. The summed E-state index contributed by atoms with van der Waals surface area (Å²) in [5.74, 6) is 0. The van der Waals surface area contributed by atoms with Gasteiger partial charge in [-0.25, -0.2) is 0 Å². The van der Waals surface area contributed by atoms with E-state index in [2.05, 4.69) is 0 Å². The first-order valence-electron chi connectivity index (χ1n) is 0.816. The van der Waals surface area contributed by atoms with E-state index >= 15 is 0 Å². The molecule has 0 radical (unpaired) electrons. The van der Waals surface area contributed by atoms with Gasteiger partial charge in [-0.3, -0.25) is 0 Å². The van der Waals surface area contributed by atoms with Gasteiger partial charge in [-0.2, -0.15) is 0 Å². The molecule has 0 aliphatic carbocycles. The van der Waals surface area contributed by atoms with Crippen molar-refractivity contribution < 1.29 is 102 Å². The first-order chi connectivity index (χ1) is 2.00. The average molecular weight is 426 g/mol. The summed E-state index contributed by atoms with van der Waals surface area (Å²) in [5.41, 5.74) is 0. The Labute approximate surface area is 109 Å². The molecule has 0 heterocycles. The van der Waals surface area contributed by atoms with Crippen LogP contribution in [0.2, 0.25) is 0 Å². The number of rotatable bonds is 0. The van der Waals surface area contributed by atoms with Crippen LogP contribution in [0.3, 0.4) is 0 Å². The Morgan fingerprint density at radius 2 is 0.750 bits per heavy atom. The standard InChI is InChI=1S/O4Si.O.2Tb/c1-5(2,3)4;;;/q-4;-2;2*+3. The van der Waals surface area contributed by atoms with Crippen LogP contribution in [-0.2, 0) is 5.48 Å². The molecule has 0 aromatic heterocycles. The Morgan fingerprint density at radius 1 is 0.750 bits per heavy atom. The second-order valence-corrected chi connectivity index (χ2v) is 1.50. The number of hydrogen-bond donors (Lipinski definition) is 0. The molecule has 0 amide bonds. The first kappa shape index (κ1) is 22.4. The van der Waals surface area contributed by atoms with Crippen molar-refractivity contribution in [1.29, 1.82) is 0 Å². The molecule has 0 aliphatic heterocycles. The van der Waals surface area contributed by atoms with E-state index in [4.69, 9.17) is 19.2 Å². The van der Waals surface area contributed by atoms with Crippen molar-refractivity contribution in [3.05, 3.63) is 0 Å². The van der Waals surface area contributed by atoms with Crippen LogP contribution in [0.1, 0.15) is 0 Å². The van der Waals surface area contributed by atoms with E-state index in [1.54, 1.807) is 0 Å². The molecule has 0 bridgehead atoms. The minimum atomic E-state index is -5.61. The largest absolute Gasteiger partial charge is 3.00 e. The second-order valence-electron chi connectivity index (χ2n) is 0.500. The van der Waals surface area contributed by atoms with Gasteiger partial charge in [0.1, 0.15) is 0 Å². The Kier molecular flexibility index (Phi) is 26.9. The molecule has 0 aromatic carbocycles. The van der Waals surface area contributed by atoms with Gasteiger partial charge in [-0.05, 0) is 0 Å². The predicted molar refractivity (Wildman–Crippen MR) is 6.44 cm³/mol. The number of hydrogen-bond acceptors (Lipinski definition) is 4. The van der Waals surface area contributed by atoms with Crippen molar-refractivity contribution in [2.24, 2.45) is 0 Å². The van der Waals surface area contributed by atoms with Crippen molar-refractivity contribution in [2.45, 2.75) is 0 Å². The van der Waals surface area contributed by atoms with Crippen LogP contribution in [0, 0.1) is 77.2 Å². The zero-order chi connectivity index (χ0) is 4.50. The fraction of sp³-hybridized carbons (Fsp3) is 0. The molecule has 0 aliphatic rings. The molecule has 0 unspecified atom stereocenters. The summed E-state index contributed by atoms with van der Waals surface area (Å²) >= 11 is 0. The van der Waals surface area contributed by atoms with Gasteiger partial charge < -0.3 is 33.7 Å². The topological polar surface area (TPSA) is 121 Å². The molecule has 0 atom stereocenters. The van der Waals surface area contributed by atoms with Crippen LogP contribution in [0.25, 0.3) is 0 Å². The molecule has 5 nitrogen and oxygen atoms in total. The minimum absolute atomic E-state index is 0. The predicted octanol–water partition coefficient (Wildman–Crippen LogP) is -5.26. The molecule has 52 valence electrons. The molecular formula is O5SiTb2. The van der Waals surface area contributed by atoms with E-state index in [1.165, 1.54) is 0 Å². The van der Waals surface area contributed by atoms with Crippen molar-refractivity contribution in [2.75, 3.05) is 0 Å². The average Bonchev–Trinajstić information content (AvgIpc) is 0.722. The normalized spacial score (nSPS) is 7.50. The summed E-state index contributed by atoms with van der Waals surface area (Å²) in [7, 11) is -5.61. The molecule has 0 saturated heterocycles. The summed E-state index contributed by atoms with van der Waals surface area (Å²) in [6.07, 6.45) is 0. The summed E-state index contributed by atoms with van der Waals surface area (Å²) < 4.78 is 0. The van der Waals surface area contributed by atoms with Crippen LogP contribution in [0.4, 0.5) is 0 Å².